The van der Waals surface area contributed by atoms with Gasteiger partial charge in [0.15, 0.2) is 0 Å². The molecule has 2 N–H and O–H groups in total. The van der Waals surface area contributed by atoms with E-state index in [0.717, 1.165) is 6.42 Å². The molecule has 0 aliphatic carbocycles. The van der Waals surface area contributed by atoms with Crippen LogP contribution in [0.25, 0.3) is 0 Å². The minimum Gasteiger partial charge on any atom is -0.461 e. The third-order valence-corrected chi connectivity index (χ3v) is 2.79. The van der Waals surface area contributed by atoms with Crippen LogP contribution >= 0.6 is 0 Å². The molecule has 0 aliphatic rings. The number of rotatable bonds is 5. The van der Waals surface area contributed by atoms with Crippen molar-refractivity contribution in [1.29, 1.82) is 0 Å². The fraction of sp³-hybridized carbons (Fsp3) is 0.188. The summed E-state index contributed by atoms with van der Waals surface area (Å²) in [7, 11) is 0. The van der Waals surface area contributed by atoms with Crippen LogP contribution < -0.4 is 5.73 Å². The summed E-state index contributed by atoms with van der Waals surface area (Å²) in [6.07, 6.45) is 0.860. The van der Waals surface area contributed by atoms with Crippen molar-refractivity contribution < 1.29 is 9.53 Å². The van der Waals surface area contributed by atoms with E-state index in [-0.39, 0.29) is 12.6 Å². The molecule has 2 aromatic rings. The van der Waals surface area contributed by atoms with Crippen LogP contribution in [0.4, 0.5) is 0 Å². The van der Waals surface area contributed by atoms with Crippen LogP contribution in [-0.2, 0) is 11.2 Å². The molecular weight excluding hydrogens is 238 g/mol. The molecule has 0 fully saturated rings. The molecule has 98 valence electrons. The van der Waals surface area contributed by atoms with Gasteiger partial charge in [0.1, 0.15) is 6.61 Å². The average Bonchev–Trinajstić information content (AvgIpc) is 2.46. The summed E-state index contributed by atoms with van der Waals surface area (Å²) in [5.41, 5.74) is 8.27. The zero-order valence-electron chi connectivity index (χ0n) is 10.7. The van der Waals surface area contributed by atoms with Crippen LogP contribution in [0.5, 0.6) is 0 Å². The number of ether oxygens (including phenoxy) is 1. The van der Waals surface area contributed by atoms with Gasteiger partial charge in [-0.15, -0.1) is 0 Å². The highest BCUT2D eigenvalue weighted by molar-refractivity contribution is 5.89. The van der Waals surface area contributed by atoms with Gasteiger partial charge in [-0.3, -0.25) is 0 Å². The third-order valence-electron chi connectivity index (χ3n) is 2.79. The Kier molecular flexibility index (Phi) is 4.70. The van der Waals surface area contributed by atoms with Crippen LogP contribution in [0.2, 0.25) is 0 Å². The fourth-order valence-corrected chi connectivity index (χ4v) is 1.83. The number of carbonyl (C=O) groups is 1. The molecule has 0 amide bonds. The highest BCUT2D eigenvalue weighted by atomic mass is 16.5. The molecule has 0 unspecified atom stereocenters. The molecule has 0 saturated carbocycles. The van der Waals surface area contributed by atoms with Crippen molar-refractivity contribution >= 4 is 5.97 Å². The molecule has 0 heterocycles. The van der Waals surface area contributed by atoms with Gasteiger partial charge < -0.3 is 10.5 Å². The first-order chi connectivity index (χ1) is 9.29. The summed E-state index contributed by atoms with van der Waals surface area (Å²) in [5, 5.41) is 0. The fourth-order valence-electron chi connectivity index (χ4n) is 1.83. The first-order valence-corrected chi connectivity index (χ1v) is 6.29. The Morgan fingerprint density at radius 3 is 2.21 bits per heavy atom. The third kappa shape index (κ3) is 3.93. The van der Waals surface area contributed by atoms with Crippen LogP contribution in [0, 0.1) is 0 Å². The van der Waals surface area contributed by atoms with Gasteiger partial charge in [-0.25, -0.2) is 4.79 Å². The number of hydrogen-bond donors (Lipinski definition) is 1. The first kappa shape index (κ1) is 13.3. The summed E-state index contributed by atoms with van der Waals surface area (Å²) in [4.78, 5) is 11.6. The summed E-state index contributed by atoms with van der Waals surface area (Å²) >= 11 is 0. The molecule has 3 heteroatoms. The summed E-state index contributed by atoms with van der Waals surface area (Å²) in [6, 6.07) is 17.7. The average molecular weight is 255 g/mol. The predicted octanol–water partition coefficient (Wildman–Crippen LogP) is 2.39. The lowest BCUT2D eigenvalue weighted by atomic mass is 10.0. The molecule has 2 rings (SSSR count). The summed E-state index contributed by atoms with van der Waals surface area (Å²) in [5.74, 6) is -0.322. The van der Waals surface area contributed by atoms with Crippen molar-refractivity contribution in [3.8, 4) is 0 Å². The molecule has 0 atom stereocenters. The van der Waals surface area contributed by atoms with Crippen molar-refractivity contribution in [3.63, 3.8) is 0 Å². The largest absolute Gasteiger partial charge is 0.461 e. The summed E-state index contributed by atoms with van der Waals surface area (Å²) in [6.45, 7) is 0.600. The van der Waals surface area contributed by atoms with Gasteiger partial charge in [0.2, 0.25) is 0 Å². The van der Waals surface area contributed by atoms with E-state index in [1.165, 1.54) is 11.1 Å². The van der Waals surface area contributed by atoms with Crippen LogP contribution in [-0.4, -0.2) is 19.1 Å². The van der Waals surface area contributed by atoms with E-state index in [1.54, 1.807) is 12.1 Å². The SMILES string of the molecule is NCCOC(=O)c1ccc(Cc2ccccc2)cc1. The van der Waals surface area contributed by atoms with Crippen molar-refractivity contribution in [1.82, 2.24) is 0 Å². The summed E-state index contributed by atoms with van der Waals surface area (Å²) < 4.78 is 4.97. The Morgan fingerprint density at radius 2 is 1.58 bits per heavy atom. The minimum atomic E-state index is -0.322. The smallest absolute Gasteiger partial charge is 0.338 e. The maximum atomic E-state index is 11.6. The Balaban J connectivity index is 2.00. The van der Waals surface area contributed by atoms with E-state index in [2.05, 4.69) is 12.1 Å². The van der Waals surface area contributed by atoms with E-state index >= 15 is 0 Å². The van der Waals surface area contributed by atoms with E-state index in [4.69, 9.17) is 10.5 Å². The lowest BCUT2D eigenvalue weighted by Gasteiger charge is -2.05. The zero-order chi connectivity index (χ0) is 13.5. The van der Waals surface area contributed by atoms with Crippen LogP contribution in [0.3, 0.4) is 0 Å². The predicted molar refractivity (Wildman–Crippen MR) is 75.0 cm³/mol. The zero-order valence-corrected chi connectivity index (χ0v) is 10.7. The number of nitrogens with two attached hydrogens (primary N) is 1. The quantitative estimate of drug-likeness (QED) is 0.835. The first-order valence-electron chi connectivity index (χ1n) is 6.29. The second-order valence-electron chi connectivity index (χ2n) is 4.28. The number of hydrogen-bond acceptors (Lipinski definition) is 3. The van der Waals surface area contributed by atoms with Gasteiger partial charge in [0.25, 0.3) is 0 Å². The Bertz CT molecular complexity index is 520. The highest BCUT2D eigenvalue weighted by Gasteiger charge is 2.06. The normalized spacial score (nSPS) is 10.2. The van der Waals surface area contributed by atoms with Crippen molar-refractivity contribution in [3.05, 3.63) is 71.3 Å². The lowest BCUT2D eigenvalue weighted by Crippen LogP contribution is -2.13. The molecule has 19 heavy (non-hydrogen) atoms. The maximum absolute atomic E-state index is 11.6. The molecule has 0 aromatic heterocycles. The van der Waals surface area contributed by atoms with Gasteiger partial charge in [0.05, 0.1) is 5.56 Å². The van der Waals surface area contributed by atoms with Gasteiger partial charge >= 0.3 is 5.97 Å². The molecule has 0 bridgehead atoms. The number of benzene rings is 2. The molecule has 0 radical (unpaired) electrons. The lowest BCUT2D eigenvalue weighted by molar-refractivity contribution is 0.0517. The second-order valence-corrected chi connectivity index (χ2v) is 4.28. The van der Waals surface area contributed by atoms with Crippen molar-refractivity contribution in [2.45, 2.75) is 6.42 Å². The van der Waals surface area contributed by atoms with Gasteiger partial charge in [0, 0.05) is 6.54 Å². The van der Waals surface area contributed by atoms with Crippen LogP contribution in [0.15, 0.2) is 54.6 Å². The topological polar surface area (TPSA) is 52.3 Å². The molecule has 0 saturated heterocycles. The number of carbonyl (C=O) groups excluding carboxylic acids is 1. The maximum Gasteiger partial charge on any atom is 0.338 e. The van der Waals surface area contributed by atoms with Crippen molar-refractivity contribution in [2.75, 3.05) is 13.2 Å². The molecular formula is C16H17NO2. The minimum absolute atomic E-state index is 0.255. The Morgan fingerprint density at radius 1 is 0.947 bits per heavy atom. The van der Waals surface area contributed by atoms with E-state index in [1.807, 2.05) is 30.3 Å². The van der Waals surface area contributed by atoms with Crippen LogP contribution in [0.1, 0.15) is 21.5 Å². The molecule has 2 aromatic carbocycles. The second kappa shape index (κ2) is 6.71. The molecule has 0 spiro atoms. The van der Waals surface area contributed by atoms with Gasteiger partial charge in [-0.1, -0.05) is 42.5 Å². The molecule has 0 aliphatic heterocycles. The monoisotopic (exact) mass is 255 g/mol. The standard InChI is InChI=1S/C16H17NO2/c17-10-11-19-16(18)15-8-6-14(7-9-15)12-13-4-2-1-3-5-13/h1-9H,10-12,17H2. The molecule has 3 nitrogen and oxygen atoms in total. The van der Waals surface area contributed by atoms with E-state index in [9.17, 15) is 4.79 Å². The van der Waals surface area contributed by atoms with Gasteiger partial charge in [-0.2, -0.15) is 0 Å². The van der Waals surface area contributed by atoms with Crippen molar-refractivity contribution in [2.24, 2.45) is 5.73 Å². The Hall–Kier alpha value is -2.13. The van der Waals surface area contributed by atoms with E-state index in [0.29, 0.717) is 12.1 Å². The number of esters is 1. The van der Waals surface area contributed by atoms with Gasteiger partial charge in [-0.05, 0) is 29.7 Å². The Labute approximate surface area is 113 Å². The van der Waals surface area contributed by atoms with E-state index < -0.39 is 0 Å². The highest BCUT2D eigenvalue weighted by Crippen LogP contribution is 2.11.